The predicted molar refractivity (Wildman–Crippen MR) is 126 cm³/mol. The highest BCUT2D eigenvalue weighted by Crippen LogP contribution is 2.38. The molecule has 2 aliphatic rings. The number of amides is 1. The van der Waals surface area contributed by atoms with E-state index in [1.807, 2.05) is 31.2 Å². The van der Waals surface area contributed by atoms with Gasteiger partial charge in [-0.05, 0) is 48.9 Å². The third-order valence-corrected chi connectivity index (χ3v) is 7.47. The zero-order chi connectivity index (χ0) is 23.7. The summed E-state index contributed by atoms with van der Waals surface area (Å²) in [5.41, 5.74) is 1.29. The Labute approximate surface area is 198 Å². The number of rotatable bonds is 5. The van der Waals surface area contributed by atoms with E-state index in [1.54, 1.807) is 36.4 Å². The Morgan fingerprint density at radius 2 is 1.71 bits per heavy atom. The molecule has 0 aromatic heterocycles. The van der Waals surface area contributed by atoms with Gasteiger partial charge in [0.25, 0.3) is 15.9 Å². The number of nitrogens with one attached hydrogen (secondary N) is 1. The van der Waals surface area contributed by atoms with Crippen molar-refractivity contribution in [3.63, 3.8) is 0 Å². The summed E-state index contributed by atoms with van der Waals surface area (Å²) in [6, 6.07) is 20.7. The Balaban J connectivity index is 1.34. The normalized spacial score (nSPS) is 19.0. The summed E-state index contributed by atoms with van der Waals surface area (Å²) in [5, 5.41) is 2.82. The maximum atomic E-state index is 13.5. The molecule has 1 N–H and O–H groups in total. The molecule has 0 aliphatic carbocycles. The van der Waals surface area contributed by atoms with E-state index in [9.17, 15) is 13.2 Å². The summed E-state index contributed by atoms with van der Waals surface area (Å²) < 4.78 is 45.6. The number of anilines is 1. The Hall–Kier alpha value is -3.72. The molecule has 9 heteroatoms. The zero-order valence-electron chi connectivity index (χ0n) is 18.5. The summed E-state index contributed by atoms with van der Waals surface area (Å²) in [7, 11) is -3.90. The topological polar surface area (TPSA) is 94.2 Å². The van der Waals surface area contributed by atoms with Crippen molar-refractivity contribution in [3.05, 3.63) is 78.4 Å². The van der Waals surface area contributed by atoms with Gasteiger partial charge < -0.3 is 19.5 Å². The number of benzene rings is 3. The van der Waals surface area contributed by atoms with Crippen LogP contribution in [0.15, 0.2) is 77.7 Å². The van der Waals surface area contributed by atoms with Crippen molar-refractivity contribution in [2.24, 2.45) is 0 Å². The molecule has 3 aromatic carbocycles. The summed E-state index contributed by atoms with van der Waals surface area (Å²) in [4.78, 5) is 13.2. The molecule has 0 radical (unpaired) electrons. The second kappa shape index (κ2) is 8.90. The minimum Gasteiger partial charge on any atom is -0.486 e. The van der Waals surface area contributed by atoms with Crippen LogP contribution in [0.1, 0.15) is 5.56 Å². The quantitative estimate of drug-likeness (QED) is 0.604. The van der Waals surface area contributed by atoms with Crippen LogP contribution >= 0.6 is 0 Å². The Morgan fingerprint density at radius 3 is 2.50 bits per heavy atom. The predicted octanol–water partition coefficient (Wildman–Crippen LogP) is 2.91. The lowest BCUT2D eigenvalue weighted by Gasteiger charge is -2.35. The number of sulfonamides is 1. The van der Waals surface area contributed by atoms with Crippen LogP contribution in [0.5, 0.6) is 17.2 Å². The van der Waals surface area contributed by atoms with Crippen LogP contribution in [0.2, 0.25) is 0 Å². The molecule has 176 valence electrons. The number of para-hydroxylation sites is 2. The average Bonchev–Trinajstić information content (AvgIpc) is 2.87. The SMILES string of the molecule is Cc1ccc2c(c1)N(S(=O)(=O)c1ccccc1)CC(C(=O)NCC1COc3ccccc3O1)O2. The summed E-state index contributed by atoms with van der Waals surface area (Å²) in [5.74, 6) is 1.19. The van der Waals surface area contributed by atoms with Crippen LogP contribution in [0.3, 0.4) is 0 Å². The molecule has 2 heterocycles. The standard InChI is InChI=1S/C25H24N2O6S/c1-17-11-12-21-20(13-17)27(34(29,30)19-7-3-2-4-8-19)15-24(33-21)25(28)26-14-18-16-31-22-9-5-6-10-23(22)32-18/h2-13,18,24H,14-16H2,1H3,(H,26,28). The van der Waals surface area contributed by atoms with Crippen LogP contribution in [0.25, 0.3) is 0 Å². The fraction of sp³-hybridized carbons (Fsp3) is 0.240. The maximum Gasteiger partial charge on any atom is 0.264 e. The van der Waals surface area contributed by atoms with Crippen LogP contribution in [0, 0.1) is 6.92 Å². The fourth-order valence-electron chi connectivity index (χ4n) is 3.94. The number of nitrogens with zero attached hydrogens (tertiary/aromatic N) is 1. The average molecular weight is 481 g/mol. The second-order valence-electron chi connectivity index (χ2n) is 8.17. The van der Waals surface area contributed by atoms with E-state index in [0.29, 0.717) is 29.5 Å². The van der Waals surface area contributed by atoms with Crippen molar-refractivity contribution >= 4 is 21.6 Å². The first kappa shape index (κ1) is 22.1. The first-order chi connectivity index (χ1) is 16.4. The van der Waals surface area contributed by atoms with Gasteiger partial charge in [0.2, 0.25) is 0 Å². The number of carbonyl (C=O) groups excluding carboxylic acids is 1. The van der Waals surface area contributed by atoms with E-state index in [2.05, 4.69) is 5.32 Å². The summed E-state index contributed by atoms with van der Waals surface area (Å²) in [6.07, 6.45) is -1.40. The van der Waals surface area contributed by atoms with E-state index in [0.717, 1.165) is 5.56 Å². The van der Waals surface area contributed by atoms with Crippen LogP contribution in [0.4, 0.5) is 5.69 Å². The third-order valence-electron chi connectivity index (χ3n) is 5.68. The highest BCUT2D eigenvalue weighted by Gasteiger charge is 2.38. The lowest BCUT2D eigenvalue weighted by Crippen LogP contribution is -2.52. The van der Waals surface area contributed by atoms with Gasteiger partial charge in [0.1, 0.15) is 18.5 Å². The number of ether oxygens (including phenoxy) is 3. The molecule has 8 nitrogen and oxygen atoms in total. The van der Waals surface area contributed by atoms with Gasteiger partial charge in [-0.1, -0.05) is 36.4 Å². The number of fused-ring (bicyclic) bond motifs is 2. The van der Waals surface area contributed by atoms with E-state index in [1.165, 1.54) is 16.4 Å². The minimum absolute atomic E-state index is 0.148. The van der Waals surface area contributed by atoms with Crippen LogP contribution in [-0.4, -0.2) is 46.2 Å². The largest absolute Gasteiger partial charge is 0.486 e. The van der Waals surface area contributed by atoms with Crippen molar-refractivity contribution in [3.8, 4) is 17.2 Å². The van der Waals surface area contributed by atoms with Crippen LogP contribution in [-0.2, 0) is 14.8 Å². The van der Waals surface area contributed by atoms with Gasteiger partial charge in [-0.3, -0.25) is 9.10 Å². The van der Waals surface area contributed by atoms with Gasteiger partial charge in [0, 0.05) is 0 Å². The molecule has 5 rings (SSSR count). The van der Waals surface area contributed by atoms with Gasteiger partial charge in [0.15, 0.2) is 17.6 Å². The molecule has 0 bridgehead atoms. The van der Waals surface area contributed by atoms with Gasteiger partial charge in [-0.25, -0.2) is 8.42 Å². The molecular weight excluding hydrogens is 456 g/mol. The molecular formula is C25H24N2O6S. The maximum absolute atomic E-state index is 13.5. The Bertz CT molecular complexity index is 1310. The number of hydrogen-bond acceptors (Lipinski definition) is 6. The van der Waals surface area contributed by atoms with Crippen molar-refractivity contribution in [2.75, 3.05) is 24.0 Å². The van der Waals surface area contributed by atoms with Gasteiger partial charge >= 0.3 is 0 Å². The summed E-state index contributed by atoms with van der Waals surface area (Å²) in [6.45, 7) is 2.21. The minimum atomic E-state index is -3.90. The van der Waals surface area contributed by atoms with E-state index >= 15 is 0 Å². The van der Waals surface area contributed by atoms with E-state index in [-0.39, 0.29) is 24.1 Å². The molecule has 2 atom stereocenters. The number of carbonyl (C=O) groups is 1. The van der Waals surface area contributed by atoms with E-state index in [4.69, 9.17) is 14.2 Å². The van der Waals surface area contributed by atoms with Crippen molar-refractivity contribution < 1.29 is 27.4 Å². The third kappa shape index (κ3) is 4.26. The molecule has 34 heavy (non-hydrogen) atoms. The molecule has 0 saturated heterocycles. The molecule has 2 aliphatic heterocycles. The van der Waals surface area contributed by atoms with Gasteiger partial charge in [0.05, 0.1) is 23.7 Å². The molecule has 0 saturated carbocycles. The lowest BCUT2D eigenvalue weighted by atomic mass is 10.1. The molecule has 3 aromatic rings. The first-order valence-electron chi connectivity index (χ1n) is 10.9. The van der Waals surface area contributed by atoms with Gasteiger partial charge in [-0.2, -0.15) is 0 Å². The zero-order valence-corrected chi connectivity index (χ0v) is 19.3. The Morgan fingerprint density at radius 1 is 0.971 bits per heavy atom. The number of hydrogen-bond donors (Lipinski definition) is 1. The molecule has 0 spiro atoms. The second-order valence-corrected chi connectivity index (χ2v) is 10.0. The fourth-order valence-corrected chi connectivity index (χ4v) is 5.43. The number of aryl methyl sites for hydroxylation is 1. The van der Waals surface area contributed by atoms with Crippen molar-refractivity contribution in [2.45, 2.75) is 24.0 Å². The molecule has 1 amide bonds. The summed E-state index contributed by atoms with van der Waals surface area (Å²) >= 11 is 0. The smallest absolute Gasteiger partial charge is 0.264 e. The van der Waals surface area contributed by atoms with Gasteiger partial charge in [-0.15, -0.1) is 0 Å². The van der Waals surface area contributed by atoms with Crippen molar-refractivity contribution in [1.29, 1.82) is 0 Å². The molecule has 0 fully saturated rings. The highest BCUT2D eigenvalue weighted by molar-refractivity contribution is 7.92. The van der Waals surface area contributed by atoms with Crippen molar-refractivity contribution in [1.82, 2.24) is 5.32 Å². The monoisotopic (exact) mass is 480 g/mol. The first-order valence-corrected chi connectivity index (χ1v) is 12.4. The Kier molecular flexibility index (Phi) is 5.79. The lowest BCUT2D eigenvalue weighted by molar-refractivity contribution is -0.128. The highest BCUT2D eigenvalue weighted by atomic mass is 32.2. The van der Waals surface area contributed by atoms with Crippen LogP contribution < -0.4 is 23.8 Å². The molecule has 2 unspecified atom stereocenters. The van der Waals surface area contributed by atoms with E-state index < -0.39 is 22.0 Å².